The summed E-state index contributed by atoms with van der Waals surface area (Å²) in [4.78, 5) is 12.4. The minimum Gasteiger partial charge on any atom is -0.478 e. The topological polar surface area (TPSA) is 38.3 Å². The van der Waals surface area contributed by atoms with E-state index in [0.717, 1.165) is 3.57 Å². The minimum atomic E-state index is -1.06. The third kappa shape index (κ3) is 4.51. The molecule has 6 heteroatoms. The van der Waals surface area contributed by atoms with Crippen molar-refractivity contribution in [2.45, 2.75) is 19.4 Å². The van der Waals surface area contributed by atoms with E-state index in [4.69, 9.17) is 27.9 Å². The van der Waals surface area contributed by atoms with E-state index < -0.39 is 5.60 Å². The van der Waals surface area contributed by atoms with E-state index in [2.05, 4.69) is 27.9 Å². The third-order valence-corrected chi connectivity index (χ3v) is 4.15. The van der Waals surface area contributed by atoms with E-state index in [1.807, 2.05) is 6.07 Å². The van der Waals surface area contributed by atoms with Gasteiger partial charge in [0.05, 0.1) is 10.7 Å². The molecule has 0 aliphatic heterocycles. The van der Waals surface area contributed by atoms with Gasteiger partial charge in [-0.2, -0.15) is 0 Å². The Kier molecular flexibility index (Phi) is 5.58. The van der Waals surface area contributed by atoms with Gasteiger partial charge in [0.25, 0.3) is 5.91 Å². The van der Waals surface area contributed by atoms with E-state index in [0.29, 0.717) is 21.5 Å². The molecule has 0 atom stereocenters. The number of nitrogens with one attached hydrogen (secondary N) is 1. The van der Waals surface area contributed by atoms with Crippen LogP contribution in [0.2, 0.25) is 10.0 Å². The quantitative estimate of drug-likeness (QED) is 0.635. The van der Waals surface area contributed by atoms with Crippen molar-refractivity contribution < 1.29 is 9.53 Å². The highest BCUT2D eigenvalue weighted by atomic mass is 127. The molecule has 0 aromatic heterocycles. The van der Waals surface area contributed by atoms with Gasteiger partial charge >= 0.3 is 0 Å². The zero-order valence-electron chi connectivity index (χ0n) is 12.0. The van der Waals surface area contributed by atoms with Gasteiger partial charge in [0.1, 0.15) is 5.75 Å². The molecule has 0 aliphatic carbocycles. The number of benzene rings is 2. The number of anilines is 1. The molecule has 0 unspecified atom stereocenters. The molecule has 0 spiro atoms. The molecule has 22 heavy (non-hydrogen) atoms. The number of carbonyl (C=O) groups is 1. The predicted molar refractivity (Wildman–Crippen MR) is 99.0 cm³/mol. The van der Waals surface area contributed by atoms with Crippen LogP contribution in [0.15, 0.2) is 42.5 Å². The Bertz CT molecular complexity index is 687. The Labute approximate surface area is 153 Å². The van der Waals surface area contributed by atoms with E-state index in [-0.39, 0.29) is 5.91 Å². The lowest BCUT2D eigenvalue weighted by Gasteiger charge is -2.25. The molecule has 0 saturated carbocycles. The number of halogens is 3. The molecule has 1 amide bonds. The fourth-order valence-corrected chi connectivity index (χ4v) is 2.74. The van der Waals surface area contributed by atoms with Gasteiger partial charge < -0.3 is 10.1 Å². The normalized spacial score (nSPS) is 11.1. The largest absolute Gasteiger partial charge is 0.478 e. The average molecular weight is 450 g/mol. The van der Waals surface area contributed by atoms with Crippen molar-refractivity contribution in [3.63, 3.8) is 0 Å². The number of rotatable bonds is 4. The SMILES string of the molecule is CC(C)(Oc1ccc(Cl)cc1)C(=O)Nc1ccc(I)cc1Cl. The van der Waals surface area contributed by atoms with Crippen molar-refractivity contribution in [1.29, 1.82) is 0 Å². The fraction of sp³-hybridized carbons (Fsp3) is 0.188. The molecule has 116 valence electrons. The van der Waals surface area contributed by atoms with Crippen LogP contribution in [0.25, 0.3) is 0 Å². The highest BCUT2D eigenvalue weighted by molar-refractivity contribution is 14.1. The summed E-state index contributed by atoms with van der Waals surface area (Å²) in [6.45, 7) is 3.38. The van der Waals surface area contributed by atoms with Crippen molar-refractivity contribution in [3.05, 3.63) is 56.1 Å². The highest BCUT2D eigenvalue weighted by Gasteiger charge is 2.30. The van der Waals surface area contributed by atoms with Gasteiger partial charge in [0.2, 0.25) is 0 Å². The molecule has 3 nitrogen and oxygen atoms in total. The lowest BCUT2D eigenvalue weighted by molar-refractivity contribution is -0.128. The number of amides is 1. The van der Waals surface area contributed by atoms with Crippen LogP contribution in [0, 0.1) is 3.57 Å². The summed E-state index contributed by atoms with van der Waals surface area (Å²) in [7, 11) is 0. The number of carbonyl (C=O) groups excluding carboxylic acids is 1. The molecule has 0 radical (unpaired) electrons. The van der Waals surface area contributed by atoms with E-state index >= 15 is 0 Å². The number of hydrogen-bond donors (Lipinski definition) is 1. The Balaban J connectivity index is 2.11. The molecule has 2 aromatic carbocycles. The van der Waals surface area contributed by atoms with Crippen LogP contribution in [0.1, 0.15) is 13.8 Å². The third-order valence-electron chi connectivity index (χ3n) is 2.91. The Morgan fingerprint density at radius 3 is 2.36 bits per heavy atom. The fourth-order valence-electron chi connectivity index (χ4n) is 1.71. The summed E-state index contributed by atoms with van der Waals surface area (Å²) >= 11 is 14.1. The van der Waals surface area contributed by atoms with Crippen LogP contribution >= 0.6 is 45.8 Å². The maximum atomic E-state index is 12.4. The zero-order chi connectivity index (χ0) is 16.3. The van der Waals surface area contributed by atoms with Gasteiger partial charge in [-0.15, -0.1) is 0 Å². The van der Waals surface area contributed by atoms with Gasteiger partial charge in [-0.25, -0.2) is 0 Å². The molecule has 2 aromatic rings. The zero-order valence-corrected chi connectivity index (χ0v) is 15.7. The Morgan fingerprint density at radius 1 is 1.14 bits per heavy atom. The lowest BCUT2D eigenvalue weighted by Crippen LogP contribution is -2.42. The van der Waals surface area contributed by atoms with Crippen LogP contribution < -0.4 is 10.1 Å². The first kappa shape index (κ1) is 17.4. The van der Waals surface area contributed by atoms with Crippen LogP contribution in [0.3, 0.4) is 0 Å². The molecular formula is C16H14Cl2INO2. The van der Waals surface area contributed by atoms with Crippen molar-refractivity contribution in [3.8, 4) is 5.75 Å². The summed E-state index contributed by atoms with van der Waals surface area (Å²) in [5.41, 5.74) is -0.500. The predicted octanol–water partition coefficient (Wildman–Crippen LogP) is 5.39. The maximum Gasteiger partial charge on any atom is 0.268 e. The molecule has 1 N–H and O–H groups in total. The summed E-state index contributed by atoms with van der Waals surface area (Å²) in [5, 5.41) is 3.88. The Morgan fingerprint density at radius 2 is 1.77 bits per heavy atom. The van der Waals surface area contributed by atoms with Crippen molar-refractivity contribution >= 4 is 57.4 Å². The summed E-state index contributed by atoms with van der Waals surface area (Å²) in [6, 6.07) is 12.3. The van der Waals surface area contributed by atoms with Crippen molar-refractivity contribution in [1.82, 2.24) is 0 Å². The Hall–Kier alpha value is -0.980. The van der Waals surface area contributed by atoms with Crippen LogP contribution in [0.5, 0.6) is 5.75 Å². The number of ether oxygens (including phenoxy) is 1. The van der Waals surface area contributed by atoms with Crippen LogP contribution in [-0.4, -0.2) is 11.5 Å². The molecule has 0 saturated heterocycles. The molecule has 0 fully saturated rings. The second kappa shape index (κ2) is 7.06. The summed E-state index contributed by atoms with van der Waals surface area (Å²) < 4.78 is 6.74. The summed E-state index contributed by atoms with van der Waals surface area (Å²) in [6.07, 6.45) is 0. The van der Waals surface area contributed by atoms with Crippen molar-refractivity contribution in [2.24, 2.45) is 0 Å². The van der Waals surface area contributed by atoms with Gasteiger partial charge in [-0.05, 0) is 78.9 Å². The number of hydrogen-bond acceptors (Lipinski definition) is 2. The van der Waals surface area contributed by atoms with Gasteiger partial charge in [-0.3, -0.25) is 4.79 Å². The van der Waals surface area contributed by atoms with Crippen LogP contribution in [0.4, 0.5) is 5.69 Å². The standard InChI is InChI=1S/C16H14Cl2INO2/c1-16(2,22-12-6-3-10(17)4-7-12)15(21)20-14-8-5-11(19)9-13(14)18/h3-9H,1-2H3,(H,20,21). The molecule has 0 aliphatic rings. The molecule has 0 bridgehead atoms. The molecule has 2 rings (SSSR count). The lowest BCUT2D eigenvalue weighted by atomic mass is 10.1. The summed E-state index contributed by atoms with van der Waals surface area (Å²) in [5.74, 6) is 0.281. The van der Waals surface area contributed by atoms with Crippen molar-refractivity contribution in [2.75, 3.05) is 5.32 Å². The highest BCUT2D eigenvalue weighted by Crippen LogP contribution is 2.26. The van der Waals surface area contributed by atoms with Gasteiger partial charge in [0, 0.05) is 8.59 Å². The second-order valence-corrected chi connectivity index (χ2v) is 7.23. The van der Waals surface area contributed by atoms with Crippen LogP contribution in [-0.2, 0) is 4.79 Å². The first-order valence-corrected chi connectivity index (χ1v) is 8.32. The van der Waals surface area contributed by atoms with E-state index in [1.54, 1.807) is 50.2 Å². The smallest absolute Gasteiger partial charge is 0.268 e. The van der Waals surface area contributed by atoms with E-state index in [9.17, 15) is 4.79 Å². The first-order chi connectivity index (χ1) is 10.3. The minimum absolute atomic E-state index is 0.287. The maximum absolute atomic E-state index is 12.4. The second-order valence-electron chi connectivity index (χ2n) is 5.14. The van der Waals surface area contributed by atoms with Gasteiger partial charge in [-0.1, -0.05) is 23.2 Å². The van der Waals surface area contributed by atoms with Gasteiger partial charge in [0.15, 0.2) is 5.60 Å². The first-order valence-electron chi connectivity index (χ1n) is 6.49. The molecule has 0 heterocycles. The molecular weight excluding hydrogens is 436 g/mol. The monoisotopic (exact) mass is 449 g/mol. The van der Waals surface area contributed by atoms with E-state index in [1.165, 1.54) is 0 Å². The average Bonchev–Trinajstić information content (AvgIpc) is 2.44.